The predicted octanol–water partition coefficient (Wildman–Crippen LogP) is 0.430. The quantitative estimate of drug-likeness (QED) is 0.821. The molecule has 1 fully saturated rings. The number of hydrogen-bond acceptors (Lipinski definition) is 6. The topological polar surface area (TPSA) is 66.7 Å². The fourth-order valence-corrected chi connectivity index (χ4v) is 1.95. The molecule has 0 aliphatic carbocycles. The van der Waals surface area contributed by atoms with Crippen LogP contribution < -0.4 is 10.7 Å². The standard InChI is InChI=1S/C11H16N6O/c1-12-9-8-16-3-2-13-11(16)10(14-9)15-17-4-6-18-7-5-17/h2-3,8,12H,4-7H2,1H3,(H,14,15). The maximum absolute atomic E-state index is 5.32. The summed E-state index contributed by atoms with van der Waals surface area (Å²) >= 11 is 0. The molecule has 0 spiro atoms. The van der Waals surface area contributed by atoms with Crippen molar-refractivity contribution in [3.63, 3.8) is 0 Å². The minimum atomic E-state index is 0.740. The van der Waals surface area contributed by atoms with Crippen LogP contribution in [-0.2, 0) is 4.74 Å². The van der Waals surface area contributed by atoms with E-state index in [1.54, 1.807) is 6.20 Å². The van der Waals surface area contributed by atoms with Crippen molar-refractivity contribution in [2.75, 3.05) is 44.1 Å². The monoisotopic (exact) mass is 248 g/mol. The first-order valence-corrected chi connectivity index (χ1v) is 5.97. The molecule has 0 saturated carbocycles. The molecular formula is C11H16N6O. The van der Waals surface area contributed by atoms with E-state index in [0.29, 0.717) is 0 Å². The second kappa shape index (κ2) is 4.79. The second-order valence-corrected chi connectivity index (χ2v) is 4.09. The molecule has 2 aromatic heterocycles. The third kappa shape index (κ3) is 2.09. The maximum Gasteiger partial charge on any atom is 0.186 e. The molecule has 3 heterocycles. The Morgan fingerprint density at radius 3 is 2.94 bits per heavy atom. The number of nitrogens with one attached hydrogen (secondary N) is 2. The number of nitrogens with zero attached hydrogens (tertiary/aromatic N) is 4. The van der Waals surface area contributed by atoms with Crippen molar-refractivity contribution in [1.82, 2.24) is 19.4 Å². The number of anilines is 2. The highest BCUT2D eigenvalue weighted by atomic mass is 16.5. The number of fused-ring (bicyclic) bond motifs is 1. The van der Waals surface area contributed by atoms with Crippen molar-refractivity contribution in [1.29, 1.82) is 0 Å². The first-order chi connectivity index (χ1) is 8.86. The van der Waals surface area contributed by atoms with Crippen molar-refractivity contribution in [3.05, 3.63) is 18.6 Å². The van der Waals surface area contributed by atoms with Gasteiger partial charge in [0.05, 0.1) is 19.4 Å². The molecule has 2 N–H and O–H groups in total. The van der Waals surface area contributed by atoms with Gasteiger partial charge < -0.3 is 14.5 Å². The van der Waals surface area contributed by atoms with Crippen molar-refractivity contribution in [2.24, 2.45) is 0 Å². The molecule has 0 amide bonds. The lowest BCUT2D eigenvalue weighted by Gasteiger charge is -2.27. The zero-order valence-corrected chi connectivity index (χ0v) is 10.3. The first kappa shape index (κ1) is 11.2. The summed E-state index contributed by atoms with van der Waals surface area (Å²) in [7, 11) is 1.85. The van der Waals surface area contributed by atoms with Crippen molar-refractivity contribution in [3.8, 4) is 0 Å². The van der Waals surface area contributed by atoms with Gasteiger partial charge in [0.2, 0.25) is 0 Å². The SMILES string of the molecule is CNc1cn2ccnc2c(NN2CCOCC2)n1. The lowest BCUT2D eigenvalue weighted by Crippen LogP contribution is -2.40. The van der Waals surface area contributed by atoms with Gasteiger partial charge in [-0.15, -0.1) is 0 Å². The van der Waals surface area contributed by atoms with E-state index in [2.05, 4.69) is 25.7 Å². The summed E-state index contributed by atoms with van der Waals surface area (Å²) in [6, 6.07) is 0. The molecule has 0 bridgehead atoms. The molecular weight excluding hydrogens is 232 g/mol. The highest BCUT2D eigenvalue weighted by Crippen LogP contribution is 2.17. The van der Waals surface area contributed by atoms with Crippen molar-refractivity contribution in [2.45, 2.75) is 0 Å². The summed E-state index contributed by atoms with van der Waals surface area (Å²) in [5.74, 6) is 1.56. The Hall–Kier alpha value is -1.86. The summed E-state index contributed by atoms with van der Waals surface area (Å²) < 4.78 is 7.27. The van der Waals surface area contributed by atoms with E-state index >= 15 is 0 Å². The predicted molar refractivity (Wildman–Crippen MR) is 68.5 cm³/mol. The van der Waals surface area contributed by atoms with E-state index < -0.39 is 0 Å². The van der Waals surface area contributed by atoms with Gasteiger partial charge in [-0.25, -0.2) is 15.0 Å². The third-order valence-electron chi connectivity index (χ3n) is 2.91. The number of aromatic nitrogens is 3. The molecule has 7 heteroatoms. The van der Waals surface area contributed by atoms with Gasteiger partial charge in [-0.1, -0.05) is 0 Å². The van der Waals surface area contributed by atoms with Crippen LogP contribution in [0.5, 0.6) is 0 Å². The number of imidazole rings is 1. The Labute approximate surface area is 105 Å². The van der Waals surface area contributed by atoms with Crippen LogP contribution in [0.15, 0.2) is 18.6 Å². The lowest BCUT2D eigenvalue weighted by molar-refractivity contribution is 0.0495. The molecule has 96 valence electrons. The molecule has 3 rings (SSSR count). The van der Waals surface area contributed by atoms with Gasteiger partial charge in [-0.2, -0.15) is 0 Å². The van der Waals surface area contributed by atoms with Gasteiger partial charge in [-0.3, -0.25) is 5.43 Å². The summed E-state index contributed by atoms with van der Waals surface area (Å²) in [6.45, 7) is 3.17. The van der Waals surface area contributed by atoms with Crippen molar-refractivity contribution < 1.29 is 4.74 Å². The average Bonchev–Trinajstić information content (AvgIpc) is 2.88. The van der Waals surface area contributed by atoms with Gasteiger partial charge in [0.25, 0.3) is 0 Å². The van der Waals surface area contributed by atoms with Crippen LogP contribution in [-0.4, -0.2) is 52.7 Å². The van der Waals surface area contributed by atoms with Gasteiger partial charge in [0, 0.05) is 32.5 Å². The summed E-state index contributed by atoms with van der Waals surface area (Å²) in [6.07, 6.45) is 5.58. The van der Waals surface area contributed by atoms with Crippen LogP contribution in [0, 0.1) is 0 Å². The van der Waals surface area contributed by atoms with Crippen LogP contribution >= 0.6 is 0 Å². The van der Waals surface area contributed by atoms with Crippen molar-refractivity contribution >= 4 is 17.3 Å². The Bertz CT molecular complexity index is 533. The highest BCUT2D eigenvalue weighted by Gasteiger charge is 2.13. The van der Waals surface area contributed by atoms with Gasteiger partial charge in [-0.05, 0) is 0 Å². The number of hydrazine groups is 1. The minimum absolute atomic E-state index is 0.740. The highest BCUT2D eigenvalue weighted by molar-refractivity contribution is 5.64. The van der Waals surface area contributed by atoms with Gasteiger partial charge in [0.1, 0.15) is 5.82 Å². The third-order valence-corrected chi connectivity index (χ3v) is 2.91. The maximum atomic E-state index is 5.32. The van der Waals surface area contributed by atoms with Crippen LogP contribution in [0.3, 0.4) is 0 Å². The molecule has 7 nitrogen and oxygen atoms in total. The zero-order valence-electron chi connectivity index (χ0n) is 10.3. The van der Waals surface area contributed by atoms with E-state index in [4.69, 9.17) is 4.74 Å². The largest absolute Gasteiger partial charge is 0.379 e. The van der Waals surface area contributed by atoms with E-state index in [-0.39, 0.29) is 0 Å². The molecule has 18 heavy (non-hydrogen) atoms. The van der Waals surface area contributed by atoms with Crippen LogP contribution in [0.1, 0.15) is 0 Å². The van der Waals surface area contributed by atoms with E-state index in [1.807, 2.05) is 23.8 Å². The molecule has 0 atom stereocenters. The number of morpholine rings is 1. The number of hydrogen-bond donors (Lipinski definition) is 2. The number of rotatable bonds is 3. The molecule has 1 aliphatic heterocycles. The van der Waals surface area contributed by atoms with Crippen LogP contribution in [0.2, 0.25) is 0 Å². The fourth-order valence-electron chi connectivity index (χ4n) is 1.95. The molecule has 0 aromatic carbocycles. The molecule has 2 aromatic rings. The van der Waals surface area contributed by atoms with Crippen LogP contribution in [0.25, 0.3) is 5.65 Å². The fraction of sp³-hybridized carbons (Fsp3) is 0.455. The minimum Gasteiger partial charge on any atom is -0.379 e. The molecule has 1 aliphatic rings. The Kier molecular flexibility index (Phi) is 2.99. The molecule has 0 unspecified atom stereocenters. The van der Waals surface area contributed by atoms with Crippen LogP contribution in [0.4, 0.5) is 11.6 Å². The Morgan fingerprint density at radius 2 is 2.17 bits per heavy atom. The van der Waals surface area contributed by atoms with E-state index in [1.165, 1.54) is 0 Å². The lowest BCUT2D eigenvalue weighted by atomic mass is 10.5. The molecule has 0 radical (unpaired) electrons. The normalized spacial score (nSPS) is 16.9. The average molecular weight is 248 g/mol. The van der Waals surface area contributed by atoms with Gasteiger partial charge >= 0.3 is 0 Å². The summed E-state index contributed by atoms with van der Waals surface area (Å²) in [5, 5.41) is 5.14. The summed E-state index contributed by atoms with van der Waals surface area (Å²) in [5.41, 5.74) is 4.12. The Balaban J connectivity index is 1.91. The molecule has 1 saturated heterocycles. The Morgan fingerprint density at radius 1 is 1.33 bits per heavy atom. The second-order valence-electron chi connectivity index (χ2n) is 4.09. The zero-order chi connectivity index (χ0) is 12.4. The van der Waals surface area contributed by atoms with E-state index in [0.717, 1.165) is 43.6 Å². The van der Waals surface area contributed by atoms with Gasteiger partial charge in [0.15, 0.2) is 11.5 Å². The smallest absolute Gasteiger partial charge is 0.186 e. The summed E-state index contributed by atoms with van der Waals surface area (Å²) in [4.78, 5) is 8.81. The van der Waals surface area contributed by atoms with E-state index in [9.17, 15) is 0 Å². The first-order valence-electron chi connectivity index (χ1n) is 5.97. The number of ether oxygens (including phenoxy) is 1.